The predicted molar refractivity (Wildman–Crippen MR) is 95.3 cm³/mol. The Morgan fingerprint density at radius 1 is 1.20 bits per heavy atom. The third-order valence-electron chi connectivity index (χ3n) is 3.88. The van der Waals surface area contributed by atoms with E-state index in [1.807, 2.05) is 31.2 Å². The highest BCUT2D eigenvalue weighted by Crippen LogP contribution is 2.28. The molecule has 0 saturated heterocycles. The lowest BCUT2D eigenvalue weighted by Gasteiger charge is -2.23. The van der Waals surface area contributed by atoms with Gasteiger partial charge in [0.25, 0.3) is 5.91 Å². The number of ether oxygens (including phenoxy) is 1. The molecule has 1 amide bonds. The summed E-state index contributed by atoms with van der Waals surface area (Å²) in [4.78, 5) is 34.2. The summed E-state index contributed by atoms with van der Waals surface area (Å²) in [5.74, 6) is -0.828. The number of carbonyl (C=O) groups is 2. The summed E-state index contributed by atoms with van der Waals surface area (Å²) in [6.45, 7) is 1.59. The van der Waals surface area contributed by atoms with Crippen LogP contribution in [0.5, 0.6) is 0 Å². The highest BCUT2D eigenvalue weighted by atomic mass is 32.1. The standard InChI is InChI=1S/C18H17N3O3S/c1-12(17-20-14-5-3-4-6-15(14)25-17)21(2)16(22)11-24-18(23)13-7-9-19-10-8-13/h3-10,12H,11H2,1-2H3/t12-/m1/s1. The van der Waals surface area contributed by atoms with E-state index in [1.165, 1.54) is 17.3 Å². The molecule has 3 aromatic rings. The van der Waals surface area contributed by atoms with Crippen LogP contribution in [0.3, 0.4) is 0 Å². The zero-order chi connectivity index (χ0) is 17.8. The van der Waals surface area contributed by atoms with Crippen LogP contribution in [0.4, 0.5) is 0 Å². The third-order valence-corrected chi connectivity index (χ3v) is 5.09. The number of para-hydroxylation sites is 1. The lowest BCUT2D eigenvalue weighted by atomic mass is 10.3. The Morgan fingerprint density at radius 3 is 2.64 bits per heavy atom. The van der Waals surface area contributed by atoms with Crippen LogP contribution in [0, 0.1) is 0 Å². The van der Waals surface area contributed by atoms with Crippen molar-refractivity contribution in [2.24, 2.45) is 0 Å². The second kappa shape index (κ2) is 7.40. The van der Waals surface area contributed by atoms with Crippen molar-refractivity contribution in [2.45, 2.75) is 13.0 Å². The number of likely N-dealkylation sites (N-methyl/N-ethyl adjacent to an activating group) is 1. The number of carbonyl (C=O) groups excluding carboxylic acids is 2. The van der Waals surface area contributed by atoms with E-state index < -0.39 is 5.97 Å². The minimum Gasteiger partial charge on any atom is -0.452 e. The molecule has 3 rings (SSSR count). The fourth-order valence-corrected chi connectivity index (χ4v) is 3.31. The molecule has 1 aromatic carbocycles. The van der Waals surface area contributed by atoms with E-state index >= 15 is 0 Å². The number of hydrogen-bond donors (Lipinski definition) is 0. The van der Waals surface area contributed by atoms with Crippen LogP contribution in [0.25, 0.3) is 10.2 Å². The molecule has 128 valence electrons. The van der Waals surface area contributed by atoms with Crippen molar-refractivity contribution in [3.8, 4) is 0 Å². The van der Waals surface area contributed by atoms with E-state index in [4.69, 9.17) is 4.74 Å². The second-order valence-electron chi connectivity index (χ2n) is 5.51. The zero-order valence-corrected chi connectivity index (χ0v) is 14.7. The molecular weight excluding hydrogens is 338 g/mol. The topological polar surface area (TPSA) is 72.4 Å². The molecule has 1 atom stereocenters. The first-order valence-corrected chi connectivity index (χ1v) is 8.56. The first-order chi connectivity index (χ1) is 12.1. The van der Waals surface area contributed by atoms with Gasteiger partial charge in [-0.25, -0.2) is 9.78 Å². The van der Waals surface area contributed by atoms with E-state index in [0.29, 0.717) is 5.56 Å². The Morgan fingerprint density at radius 2 is 1.92 bits per heavy atom. The van der Waals surface area contributed by atoms with E-state index in [1.54, 1.807) is 30.5 Å². The van der Waals surface area contributed by atoms with Crippen LogP contribution in [-0.2, 0) is 9.53 Å². The fraction of sp³-hybridized carbons (Fsp3) is 0.222. The van der Waals surface area contributed by atoms with Gasteiger partial charge in [0, 0.05) is 19.4 Å². The van der Waals surface area contributed by atoms with Gasteiger partial charge in [0.15, 0.2) is 6.61 Å². The molecule has 7 heteroatoms. The number of benzene rings is 1. The molecule has 0 bridgehead atoms. The van der Waals surface area contributed by atoms with Gasteiger partial charge in [-0.2, -0.15) is 0 Å². The minimum atomic E-state index is -0.545. The Kier molecular flexibility index (Phi) is 5.04. The summed E-state index contributed by atoms with van der Waals surface area (Å²) < 4.78 is 6.16. The van der Waals surface area contributed by atoms with Crippen LogP contribution in [0.1, 0.15) is 28.3 Å². The van der Waals surface area contributed by atoms with Crippen LogP contribution in [0.2, 0.25) is 0 Å². The first kappa shape index (κ1) is 17.0. The summed E-state index contributed by atoms with van der Waals surface area (Å²) in [6, 6.07) is 10.7. The SMILES string of the molecule is C[C@H](c1nc2ccccc2s1)N(C)C(=O)COC(=O)c1ccncc1. The zero-order valence-electron chi connectivity index (χ0n) is 13.9. The second-order valence-corrected chi connectivity index (χ2v) is 6.57. The van der Waals surface area contributed by atoms with Gasteiger partial charge in [-0.1, -0.05) is 12.1 Å². The lowest BCUT2D eigenvalue weighted by Crippen LogP contribution is -2.33. The van der Waals surface area contributed by atoms with Crippen molar-refractivity contribution in [1.29, 1.82) is 0 Å². The summed E-state index contributed by atoms with van der Waals surface area (Å²) in [5, 5.41) is 0.845. The molecule has 0 saturated carbocycles. The van der Waals surface area contributed by atoms with Crippen molar-refractivity contribution < 1.29 is 14.3 Å². The minimum absolute atomic E-state index is 0.204. The first-order valence-electron chi connectivity index (χ1n) is 7.74. The molecule has 0 aliphatic rings. The highest BCUT2D eigenvalue weighted by Gasteiger charge is 2.22. The normalized spacial score (nSPS) is 11.9. The highest BCUT2D eigenvalue weighted by molar-refractivity contribution is 7.18. The molecule has 25 heavy (non-hydrogen) atoms. The van der Waals surface area contributed by atoms with Crippen molar-refractivity contribution in [3.63, 3.8) is 0 Å². The Bertz CT molecular complexity index is 862. The summed E-state index contributed by atoms with van der Waals surface area (Å²) in [5.41, 5.74) is 1.28. The van der Waals surface area contributed by atoms with Gasteiger partial charge in [0.1, 0.15) is 5.01 Å². The van der Waals surface area contributed by atoms with Gasteiger partial charge in [0.05, 0.1) is 21.8 Å². The van der Waals surface area contributed by atoms with Gasteiger partial charge >= 0.3 is 5.97 Å². The number of nitrogens with zero attached hydrogens (tertiary/aromatic N) is 3. The summed E-state index contributed by atoms with van der Waals surface area (Å²) in [6.07, 6.45) is 3.00. The van der Waals surface area contributed by atoms with Crippen molar-refractivity contribution in [3.05, 3.63) is 59.4 Å². The average Bonchev–Trinajstić information content (AvgIpc) is 3.09. The van der Waals surface area contributed by atoms with Gasteiger partial charge in [-0.3, -0.25) is 9.78 Å². The summed E-state index contributed by atoms with van der Waals surface area (Å²) >= 11 is 1.55. The fourth-order valence-electron chi connectivity index (χ4n) is 2.25. The lowest BCUT2D eigenvalue weighted by molar-refractivity contribution is -0.135. The summed E-state index contributed by atoms with van der Waals surface area (Å²) in [7, 11) is 1.68. The van der Waals surface area contributed by atoms with Gasteiger partial charge in [-0.05, 0) is 31.2 Å². The van der Waals surface area contributed by atoms with Crippen molar-refractivity contribution in [1.82, 2.24) is 14.9 Å². The molecule has 0 aliphatic heterocycles. The molecule has 0 spiro atoms. The Hall–Kier alpha value is -2.80. The van der Waals surface area contributed by atoms with Crippen LogP contribution in [-0.4, -0.2) is 40.4 Å². The van der Waals surface area contributed by atoms with Gasteiger partial charge < -0.3 is 9.64 Å². The quantitative estimate of drug-likeness (QED) is 0.658. The maximum Gasteiger partial charge on any atom is 0.338 e. The number of amides is 1. The molecule has 2 aromatic heterocycles. The Labute approximate surface area is 149 Å². The van der Waals surface area contributed by atoms with Crippen LogP contribution >= 0.6 is 11.3 Å². The Balaban J connectivity index is 1.62. The average molecular weight is 355 g/mol. The smallest absolute Gasteiger partial charge is 0.338 e. The largest absolute Gasteiger partial charge is 0.452 e. The molecular formula is C18H17N3O3S. The molecule has 6 nitrogen and oxygen atoms in total. The van der Waals surface area contributed by atoms with E-state index in [2.05, 4.69) is 9.97 Å². The van der Waals surface area contributed by atoms with E-state index in [0.717, 1.165) is 15.2 Å². The number of aromatic nitrogens is 2. The van der Waals surface area contributed by atoms with Gasteiger partial charge in [0.2, 0.25) is 0 Å². The van der Waals surface area contributed by atoms with E-state index in [-0.39, 0.29) is 18.6 Å². The van der Waals surface area contributed by atoms with Crippen LogP contribution < -0.4 is 0 Å². The van der Waals surface area contributed by atoms with Crippen molar-refractivity contribution >= 4 is 33.4 Å². The van der Waals surface area contributed by atoms with E-state index in [9.17, 15) is 9.59 Å². The van der Waals surface area contributed by atoms with Crippen LogP contribution in [0.15, 0.2) is 48.8 Å². The monoisotopic (exact) mass is 355 g/mol. The number of thiazole rings is 1. The maximum absolute atomic E-state index is 12.3. The number of esters is 1. The van der Waals surface area contributed by atoms with Gasteiger partial charge in [-0.15, -0.1) is 11.3 Å². The molecule has 0 fully saturated rings. The maximum atomic E-state index is 12.3. The number of rotatable bonds is 5. The predicted octanol–water partition coefficient (Wildman–Crippen LogP) is 3.07. The third kappa shape index (κ3) is 3.83. The molecule has 0 unspecified atom stereocenters. The number of hydrogen-bond acceptors (Lipinski definition) is 6. The molecule has 2 heterocycles. The molecule has 0 N–H and O–H groups in total. The molecule has 0 radical (unpaired) electrons. The number of fused-ring (bicyclic) bond motifs is 1. The number of pyridine rings is 1. The van der Waals surface area contributed by atoms with Crippen molar-refractivity contribution in [2.75, 3.05) is 13.7 Å². The molecule has 0 aliphatic carbocycles.